The molecule has 1 aromatic carbocycles. The Morgan fingerprint density at radius 2 is 2.19 bits per heavy atom. The van der Waals surface area contributed by atoms with Crippen molar-refractivity contribution in [1.29, 1.82) is 0 Å². The molecule has 10 heteroatoms. The van der Waals surface area contributed by atoms with E-state index in [2.05, 4.69) is 36.6 Å². The molecule has 0 aliphatic carbocycles. The summed E-state index contributed by atoms with van der Waals surface area (Å²) in [6.07, 6.45) is 1.01. The number of nitrogens with one attached hydrogen (secondary N) is 2. The lowest BCUT2D eigenvalue weighted by Gasteiger charge is -2.10. The zero-order chi connectivity index (χ0) is 15.6. The normalized spacial score (nSPS) is 10.3. The highest BCUT2D eigenvalue weighted by Gasteiger charge is 2.18. The van der Waals surface area contributed by atoms with Gasteiger partial charge in [0.15, 0.2) is 0 Å². The number of hydrogen-bond acceptors (Lipinski definition) is 7. The van der Waals surface area contributed by atoms with Crippen LogP contribution in [0.15, 0.2) is 22.8 Å². The Balaban J connectivity index is 2.47. The number of hydrogen-bond donors (Lipinski definition) is 3. The zero-order valence-corrected chi connectivity index (χ0v) is 12.3. The molecule has 0 aliphatic heterocycles. The van der Waals surface area contributed by atoms with E-state index in [1.165, 1.54) is 6.07 Å². The van der Waals surface area contributed by atoms with Crippen LogP contribution in [0.4, 0.5) is 27.5 Å². The summed E-state index contributed by atoms with van der Waals surface area (Å²) >= 11 is 3.06. The first kappa shape index (κ1) is 15.1. The van der Waals surface area contributed by atoms with E-state index in [1.54, 1.807) is 13.0 Å². The molecular weight excluding hydrogens is 347 g/mol. The lowest BCUT2D eigenvalue weighted by atomic mass is 10.2. The van der Waals surface area contributed by atoms with Gasteiger partial charge in [0.1, 0.15) is 12.0 Å². The standard InChI is InChI=1S/C11H10BrFN6O2/c1-5-2-6(12)7(13)3-8(5)16-10-9(19(20)21)4-15-11(17-10)18-14/h2-4H,14H2,1H3,(H2,15,16,17,18). The third kappa shape index (κ3) is 3.23. The Kier molecular flexibility index (Phi) is 4.29. The van der Waals surface area contributed by atoms with Gasteiger partial charge in [0.05, 0.1) is 9.40 Å². The molecule has 0 aliphatic rings. The maximum absolute atomic E-state index is 13.6. The first-order chi connectivity index (χ1) is 9.92. The number of nitrogens with two attached hydrogens (primary N) is 1. The molecule has 0 atom stereocenters. The van der Waals surface area contributed by atoms with E-state index in [0.717, 1.165) is 6.20 Å². The van der Waals surface area contributed by atoms with Crippen LogP contribution >= 0.6 is 15.9 Å². The quantitative estimate of drug-likeness (QED) is 0.437. The maximum atomic E-state index is 13.6. The fourth-order valence-electron chi connectivity index (χ4n) is 1.58. The van der Waals surface area contributed by atoms with Crippen molar-refractivity contribution < 1.29 is 9.31 Å². The Labute approximate surface area is 126 Å². The van der Waals surface area contributed by atoms with Crippen molar-refractivity contribution in [2.75, 3.05) is 10.7 Å². The smallest absolute Gasteiger partial charge is 0.329 e. The van der Waals surface area contributed by atoms with Crippen LogP contribution in [-0.4, -0.2) is 14.9 Å². The highest BCUT2D eigenvalue weighted by Crippen LogP contribution is 2.30. The molecule has 0 bridgehead atoms. The van der Waals surface area contributed by atoms with E-state index in [4.69, 9.17) is 5.84 Å². The number of aromatic nitrogens is 2. The minimum absolute atomic E-state index is 0.00154. The summed E-state index contributed by atoms with van der Waals surface area (Å²) in [4.78, 5) is 17.9. The van der Waals surface area contributed by atoms with Crippen molar-refractivity contribution >= 4 is 39.1 Å². The van der Waals surface area contributed by atoms with Crippen LogP contribution in [0.3, 0.4) is 0 Å². The van der Waals surface area contributed by atoms with E-state index < -0.39 is 10.7 Å². The van der Waals surface area contributed by atoms with Gasteiger partial charge < -0.3 is 5.32 Å². The molecule has 1 heterocycles. The van der Waals surface area contributed by atoms with Gasteiger partial charge in [-0.2, -0.15) is 4.98 Å². The van der Waals surface area contributed by atoms with Gasteiger partial charge in [-0.05, 0) is 40.5 Å². The predicted molar refractivity (Wildman–Crippen MR) is 78.6 cm³/mol. The van der Waals surface area contributed by atoms with Crippen LogP contribution in [0.2, 0.25) is 0 Å². The molecule has 0 unspecified atom stereocenters. The molecular formula is C11H10BrFN6O2. The van der Waals surface area contributed by atoms with Crippen molar-refractivity contribution in [3.8, 4) is 0 Å². The minimum Gasteiger partial charge on any atom is -0.334 e. The summed E-state index contributed by atoms with van der Waals surface area (Å²) in [7, 11) is 0. The summed E-state index contributed by atoms with van der Waals surface area (Å²) < 4.78 is 13.9. The number of rotatable bonds is 4. The monoisotopic (exact) mass is 356 g/mol. The SMILES string of the molecule is Cc1cc(Br)c(F)cc1Nc1nc(NN)ncc1[N+](=O)[O-]. The maximum Gasteiger partial charge on any atom is 0.329 e. The summed E-state index contributed by atoms with van der Waals surface area (Å²) in [6, 6.07) is 2.76. The number of benzene rings is 1. The number of nitro groups is 1. The van der Waals surface area contributed by atoms with Gasteiger partial charge in [0, 0.05) is 5.69 Å². The molecule has 110 valence electrons. The predicted octanol–water partition coefficient (Wildman–Crippen LogP) is 2.62. The largest absolute Gasteiger partial charge is 0.334 e. The number of nitrogen functional groups attached to an aromatic ring is 1. The first-order valence-electron chi connectivity index (χ1n) is 5.63. The molecule has 2 aromatic rings. The van der Waals surface area contributed by atoms with E-state index in [9.17, 15) is 14.5 Å². The third-order valence-corrected chi connectivity index (χ3v) is 3.22. The van der Waals surface area contributed by atoms with Gasteiger partial charge in [0.2, 0.25) is 11.8 Å². The van der Waals surface area contributed by atoms with Crippen molar-refractivity contribution in [3.05, 3.63) is 44.3 Å². The minimum atomic E-state index is -0.646. The lowest BCUT2D eigenvalue weighted by Crippen LogP contribution is -2.12. The first-order valence-corrected chi connectivity index (χ1v) is 6.42. The number of hydrazine groups is 1. The zero-order valence-electron chi connectivity index (χ0n) is 10.7. The third-order valence-electron chi connectivity index (χ3n) is 2.62. The molecule has 0 saturated carbocycles. The lowest BCUT2D eigenvalue weighted by molar-refractivity contribution is -0.384. The fraction of sp³-hybridized carbons (Fsp3) is 0.0909. The molecule has 0 amide bonds. The average molecular weight is 357 g/mol. The molecule has 8 nitrogen and oxygen atoms in total. The summed E-state index contributed by atoms with van der Waals surface area (Å²) in [6.45, 7) is 1.72. The number of anilines is 3. The molecule has 0 fully saturated rings. The van der Waals surface area contributed by atoms with Gasteiger partial charge >= 0.3 is 5.69 Å². The topological polar surface area (TPSA) is 119 Å². The van der Waals surface area contributed by atoms with Crippen LogP contribution < -0.4 is 16.6 Å². The molecule has 2 rings (SSSR count). The van der Waals surface area contributed by atoms with Crippen molar-refractivity contribution in [3.63, 3.8) is 0 Å². The molecule has 0 spiro atoms. The van der Waals surface area contributed by atoms with Crippen molar-refractivity contribution in [1.82, 2.24) is 9.97 Å². The van der Waals surface area contributed by atoms with Crippen molar-refractivity contribution in [2.45, 2.75) is 6.92 Å². The Morgan fingerprint density at radius 1 is 1.48 bits per heavy atom. The van der Waals surface area contributed by atoms with E-state index >= 15 is 0 Å². The van der Waals surface area contributed by atoms with Gasteiger partial charge in [-0.3, -0.25) is 15.5 Å². The van der Waals surface area contributed by atoms with E-state index in [1.807, 2.05) is 0 Å². The fourth-order valence-corrected chi connectivity index (χ4v) is 2.04. The van der Waals surface area contributed by atoms with E-state index in [0.29, 0.717) is 15.7 Å². The molecule has 4 N–H and O–H groups in total. The van der Waals surface area contributed by atoms with E-state index in [-0.39, 0.29) is 17.5 Å². The Morgan fingerprint density at radius 3 is 2.81 bits per heavy atom. The number of halogens is 2. The second-order valence-electron chi connectivity index (χ2n) is 4.04. The van der Waals surface area contributed by atoms with Crippen LogP contribution in [0.25, 0.3) is 0 Å². The number of aryl methyl sites for hydroxylation is 1. The van der Waals surface area contributed by atoms with Crippen LogP contribution in [0.5, 0.6) is 0 Å². The summed E-state index contributed by atoms with van der Waals surface area (Å²) in [5.74, 6) is 4.58. The van der Waals surface area contributed by atoms with Crippen molar-refractivity contribution in [2.24, 2.45) is 5.84 Å². The van der Waals surface area contributed by atoms with Crippen LogP contribution in [0, 0.1) is 22.9 Å². The van der Waals surface area contributed by atoms with Gasteiger partial charge in [0.25, 0.3) is 0 Å². The molecule has 21 heavy (non-hydrogen) atoms. The van der Waals surface area contributed by atoms with Gasteiger partial charge in [-0.25, -0.2) is 15.2 Å². The van der Waals surface area contributed by atoms with Crippen LogP contribution in [0.1, 0.15) is 5.56 Å². The summed E-state index contributed by atoms with van der Waals surface area (Å²) in [5.41, 5.74) is 2.86. The summed E-state index contributed by atoms with van der Waals surface area (Å²) in [5, 5.41) is 13.7. The average Bonchev–Trinajstić information content (AvgIpc) is 2.44. The highest BCUT2D eigenvalue weighted by molar-refractivity contribution is 9.10. The van der Waals surface area contributed by atoms with Gasteiger partial charge in [-0.15, -0.1) is 0 Å². The Bertz CT molecular complexity index is 711. The van der Waals surface area contributed by atoms with Crippen LogP contribution in [-0.2, 0) is 0 Å². The molecule has 0 radical (unpaired) electrons. The highest BCUT2D eigenvalue weighted by atomic mass is 79.9. The second-order valence-corrected chi connectivity index (χ2v) is 4.89. The molecule has 0 saturated heterocycles. The Hall–Kier alpha value is -2.33. The second kappa shape index (κ2) is 5.97. The number of nitrogens with zero attached hydrogens (tertiary/aromatic N) is 3. The molecule has 1 aromatic heterocycles. The van der Waals surface area contributed by atoms with Gasteiger partial charge in [-0.1, -0.05) is 0 Å².